The first-order valence-electron chi connectivity index (χ1n) is 9.48. The molecule has 1 saturated heterocycles. The molecule has 136 valence electrons. The molecule has 5 heteroatoms. The van der Waals surface area contributed by atoms with Gasteiger partial charge in [0.25, 0.3) is 0 Å². The van der Waals surface area contributed by atoms with Crippen molar-refractivity contribution >= 4 is 11.8 Å². The summed E-state index contributed by atoms with van der Waals surface area (Å²) in [5.41, 5.74) is 0. The first-order chi connectivity index (χ1) is 12.2. The van der Waals surface area contributed by atoms with Crippen LogP contribution in [0.2, 0.25) is 0 Å². The van der Waals surface area contributed by atoms with Crippen LogP contribution in [-0.4, -0.2) is 42.5 Å². The zero-order valence-electron chi connectivity index (χ0n) is 14.8. The fourth-order valence-electron chi connectivity index (χ4n) is 3.40. The molecule has 0 spiro atoms. The van der Waals surface area contributed by atoms with Crippen LogP contribution < -0.4 is 10.1 Å². The van der Waals surface area contributed by atoms with E-state index < -0.39 is 0 Å². The summed E-state index contributed by atoms with van der Waals surface area (Å²) in [4.78, 5) is 26.3. The Bertz CT molecular complexity index is 564. The van der Waals surface area contributed by atoms with E-state index in [4.69, 9.17) is 4.74 Å². The van der Waals surface area contributed by atoms with Crippen molar-refractivity contribution in [2.75, 3.05) is 19.7 Å². The molecule has 0 radical (unpaired) electrons. The molecule has 3 rings (SSSR count). The molecular formula is C20H28N2O3. The second-order valence-electron chi connectivity index (χ2n) is 7.06. The summed E-state index contributed by atoms with van der Waals surface area (Å²) in [5.74, 6) is 1.52. The molecule has 0 bridgehead atoms. The highest BCUT2D eigenvalue weighted by Gasteiger charge is 2.31. The third-order valence-electron chi connectivity index (χ3n) is 5.19. The van der Waals surface area contributed by atoms with E-state index in [1.54, 1.807) is 0 Å². The highest BCUT2D eigenvalue weighted by Crippen LogP contribution is 2.29. The molecule has 1 aromatic carbocycles. The molecule has 0 atom stereocenters. The van der Waals surface area contributed by atoms with Gasteiger partial charge in [0.15, 0.2) is 0 Å². The lowest BCUT2D eigenvalue weighted by Gasteiger charge is -2.36. The lowest BCUT2D eigenvalue weighted by molar-refractivity contribution is -0.139. The normalized spacial score (nSPS) is 18.5. The van der Waals surface area contributed by atoms with E-state index in [9.17, 15) is 9.59 Å². The van der Waals surface area contributed by atoms with Gasteiger partial charge in [0.2, 0.25) is 11.8 Å². The van der Waals surface area contributed by atoms with Crippen molar-refractivity contribution < 1.29 is 14.3 Å². The number of nitrogens with zero attached hydrogens (tertiary/aromatic N) is 1. The van der Waals surface area contributed by atoms with Crippen LogP contribution in [0.3, 0.4) is 0 Å². The lowest BCUT2D eigenvalue weighted by Crippen LogP contribution is -2.48. The van der Waals surface area contributed by atoms with E-state index in [1.807, 2.05) is 35.2 Å². The van der Waals surface area contributed by atoms with Crippen LogP contribution in [0.4, 0.5) is 0 Å². The summed E-state index contributed by atoms with van der Waals surface area (Å²) >= 11 is 0. The van der Waals surface area contributed by atoms with Crippen LogP contribution in [0, 0.1) is 5.92 Å². The molecule has 2 fully saturated rings. The first-order valence-corrected chi connectivity index (χ1v) is 9.48. The van der Waals surface area contributed by atoms with Crippen molar-refractivity contribution in [2.45, 2.75) is 51.0 Å². The van der Waals surface area contributed by atoms with Gasteiger partial charge in [0.1, 0.15) is 5.75 Å². The van der Waals surface area contributed by atoms with Crippen LogP contribution >= 0.6 is 0 Å². The van der Waals surface area contributed by atoms with E-state index in [1.165, 1.54) is 6.42 Å². The Morgan fingerprint density at radius 3 is 2.44 bits per heavy atom. The van der Waals surface area contributed by atoms with Gasteiger partial charge in [-0.3, -0.25) is 9.59 Å². The predicted octanol–water partition coefficient (Wildman–Crippen LogP) is 2.75. The lowest BCUT2D eigenvalue weighted by atomic mass is 9.84. The SMILES string of the molecule is O=C(CCCOc1ccccc1)NC1CCN(C(=O)C2CCC2)CC1. The third-order valence-corrected chi connectivity index (χ3v) is 5.19. The second-order valence-corrected chi connectivity index (χ2v) is 7.06. The fraction of sp³-hybridized carbons (Fsp3) is 0.600. The zero-order valence-corrected chi connectivity index (χ0v) is 14.8. The van der Waals surface area contributed by atoms with Gasteiger partial charge in [0.05, 0.1) is 6.61 Å². The standard InChI is InChI=1S/C20H28N2O3/c23-19(10-5-15-25-18-8-2-1-3-9-18)21-17-11-13-22(14-12-17)20(24)16-6-4-7-16/h1-3,8-9,16-17H,4-7,10-15H2,(H,21,23). The van der Waals surface area contributed by atoms with Gasteiger partial charge < -0.3 is 15.0 Å². The Morgan fingerprint density at radius 2 is 1.80 bits per heavy atom. The number of nitrogens with one attached hydrogen (secondary N) is 1. The first kappa shape index (κ1) is 17.8. The number of para-hydroxylation sites is 1. The molecule has 0 unspecified atom stereocenters. The number of piperidine rings is 1. The van der Waals surface area contributed by atoms with Crippen molar-refractivity contribution in [1.82, 2.24) is 10.2 Å². The van der Waals surface area contributed by atoms with E-state index in [0.29, 0.717) is 25.4 Å². The monoisotopic (exact) mass is 344 g/mol. The second kappa shape index (κ2) is 8.88. The number of likely N-dealkylation sites (tertiary alicyclic amines) is 1. The molecule has 0 aromatic heterocycles. The van der Waals surface area contributed by atoms with E-state index in [-0.39, 0.29) is 17.9 Å². The highest BCUT2D eigenvalue weighted by atomic mass is 16.5. The van der Waals surface area contributed by atoms with Gasteiger partial charge in [-0.15, -0.1) is 0 Å². The summed E-state index contributed by atoms with van der Waals surface area (Å²) in [6.45, 7) is 2.10. The van der Waals surface area contributed by atoms with Crippen LogP contribution in [0.15, 0.2) is 30.3 Å². The van der Waals surface area contributed by atoms with Gasteiger partial charge >= 0.3 is 0 Å². The van der Waals surface area contributed by atoms with Gasteiger partial charge in [-0.05, 0) is 44.2 Å². The maximum atomic E-state index is 12.2. The van der Waals surface area contributed by atoms with Crippen molar-refractivity contribution in [3.8, 4) is 5.75 Å². The number of hydrogen-bond acceptors (Lipinski definition) is 3. The summed E-state index contributed by atoms with van der Waals surface area (Å²) < 4.78 is 5.60. The summed E-state index contributed by atoms with van der Waals surface area (Å²) in [6, 6.07) is 9.85. The molecule has 1 aliphatic heterocycles. The Labute approximate surface area is 149 Å². The average molecular weight is 344 g/mol. The number of benzene rings is 1. The summed E-state index contributed by atoms with van der Waals surface area (Å²) in [7, 11) is 0. The Kier molecular flexibility index (Phi) is 6.31. The Morgan fingerprint density at radius 1 is 1.08 bits per heavy atom. The number of rotatable bonds is 7. The quantitative estimate of drug-likeness (QED) is 0.774. The molecule has 1 aromatic rings. The van der Waals surface area contributed by atoms with Gasteiger partial charge in [-0.25, -0.2) is 0 Å². The summed E-state index contributed by atoms with van der Waals surface area (Å²) in [5, 5.41) is 3.10. The number of carbonyl (C=O) groups excluding carboxylic acids is 2. The van der Waals surface area contributed by atoms with Crippen molar-refractivity contribution in [2.24, 2.45) is 5.92 Å². The molecule has 1 aliphatic carbocycles. The summed E-state index contributed by atoms with van der Waals surface area (Å²) in [6.07, 6.45) is 6.22. The predicted molar refractivity (Wildman–Crippen MR) is 96.3 cm³/mol. The smallest absolute Gasteiger partial charge is 0.225 e. The highest BCUT2D eigenvalue weighted by molar-refractivity contribution is 5.80. The molecule has 1 N–H and O–H groups in total. The Balaban J connectivity index is 1.28. The van der Waals surface area contributed by atoms with Crippen LogP contribution in [0.25, 0.3) is 0 Å². The van der Waals surface area contributed by atoms with Crippen molar-refractivity contribution in [3.05, 3.63) is 30.3 Å². The molecule has 2 aliphatic rings. The minimum atomic E-state index is 0.0837. The molecule has 2 amide bonds. The number of ether oxygens (including phenoxy) is 1. The maximum Gasteiger partial charge on any atom is 0.225 e. The number of carbonyl (C=O) groups is 2. The molecule has 5 nitrogen and oxygen atoms in total. The third kappa shape index (κ3) is 5.21. The molecule has 1 saturated carbocycles. The minimum Gasteiger partial charge on any atom is -0.494 e. The molecule has 25 heavy (non-hydrogen) atoms. The largest absolute Gasteiger partial charge is 0.494 e. The van der Waals surface area contributed by atoms with Gasteiger partial charge in [-0.1, -0.05) is 24.6 Å². The topological polar surface area (TPSA) is 58.6 Å². The van der Waals surface area contributed by atoms with E-state index >= 15 is 0 Å². The van der Waals surface area contributed by atoms with Gasteiger partial charge in [-0.2, -0.15) is 0 Å². The molecule has 1 heterocycles. The van der Waals surface area contributed by atoms with Crippen LogP contribution in [-0.2, 0) is 9.59 Å². The molecular weight excluding hydrogens is 316 g/mol. The number of hydrogen-bond donors (Lipinski definition) is 1. The minimum absolute atomic E-state index is 0.0837. The van der Waals surface area contributed by atoms with Crippen LogP contribution in [0.1, 0.15) is 44.9 Å². The number of amides is 2. The average Bonchev–Trinajstić information content (AvgIpc) is 2.59. The fourth-order valence-corrected chi connectivity index (χ4v) is 3.40. The van der Waals surface area contributed by atoms with Gasteiger partial charge in [0, 0.05) is 31.5 Å². The zero-order chi connectivity index (χ0) is 17.5. The van der Waals surface area contributed by atoms with Crippen molar-refractivity contribution in [1.29, 1.82) is 0 Å². The van der Waals surface area contributed by atoms with Crippen LogP contribution in [0.5, 0.6) is 5.75 Å². The van der Waals surface area contributed by atoms with E-state index in [0.717, 1.165) is 44.5 Å². The van der Waals surface area contributed by atoms with E-state index in [2.05, 4.69) is 5.32 Å². The Hall–Kier alpha value is -2.04. The van der Waals surface area contributed by atoms with Crippen molar-refractivity contribution in [3.63, 3.8) is 0 Å². The maximum absolute atomic E-state index is 12.2.